The zero-order chi connectivity index (χ0) is 26.4. The number of anilines is 2. The number of benzene rings is 1. The summed E-state index contributed by atoms with van der Waals surface area (Å²) in [5.74, 6) is 1.17. The summed E-state index contributed by atoms with van der Waals surface area (Å²) in [7, 11) is -3.71. The van der Waals surface area contributed by atoms with Crippen molar-refractivity contribution in [2.24, 2.45) is 5.92 Å². The standard InChI is InChI=1S/C27H37N5O4S/c1-19-15-23(37(35,36)30-14-6-7-20(2)33)12-13-24(19)31-27(34)25-16-26(29-18-28-25)32(17-21-10-11-21)22-8-4-3-5-9-22/h12-13,15-16,18,21-22,30,33H,2-11,14,17H2,1H3,(H,31,34). The average molecular weight is 528 g/mol. The minimum Gasteiger partial charge on any atom is -0.513 e. The van der Waals surface area contributed by atoms with Crippen LogP contribution in [0.25, 0.3) is 0 Å². The topological polar surface area (TPSA) is 125 Å². The summed E-state index contributed by atoms with van der Waals surface area (Å²) in [5.41, 5.74) is 1.42. The van der Waals surface area contributed by atoms with Gasteiger partial charge in [0, 0.05) is 37.3 Å². The van der Waals surface area contributed by atoms with Gasteiger partial charge in [-0.3, -0.25) is 4.79 Å². The molecule has 10 heteroatoms. The van der Waals surface area contributed by atoms with E-state index < -0.39 is 10.0 Å². The number of carbonyl (C=O) groups is 1. The molecule has 1 amide bonds. The predicted molar refractivity (Wildman–Crippen MR) is 144 cm³/mol. The molecule has 3 N–H and O–H groups in total. The lowest BCUT2D eigenvalue weighted by atomic mass is 9.94. The molecule has 2 aromatic rings. The minimum atomic E-state index is -3.71. The van der Waals surface area contributed by atoms with Crippen molar-refractivity contribution in [1.82, 2.24) is 14.7 Å². The Morgan fingerprint density at radius 3 is 2.57 bits per heavy atom. The van der Waals surface area contributed by atoms with Crippen molar-refractivity contribution in [3.8, 4) is 0 Å². The molecule has 0 atom stereocenters. The number of nitrogens with one attached hydrogen (secondary N) is 2. The van der Waals surface area contributed by atoms with E-state index in [1.165, 1.54) is 50.6 Å². The van der Waals surface area contributed by atoms with Gasteiger partial charge in [0.25, 0.3) is 5.91 Å². The van der Waals surface area contributed by atoms with Gasteiger partial charge >= 0.3 is 0 Å². The van der Waals surface area contributed by atoms with Gasteiger partial charge in [-0.2, -0.15) is 0 Å². The third kappa shape index (κ3) is 7.52. The van der Waals surface area contributed by atoms with Crippen LogP contribution in [-0.2, 0) is 10.0 Å². The number of carbonyl (C=O) groups excluding carboxylic acids is 1. The van der Waals surface area contributed by atoms with Gasteiger partial charge in [-0.1, -0.05) is 25.8 Å². The number of allylic oxidation sites excluding steroid dienone is 1. The predicted octanol–water partition coefficient (Wildman–Crippen LogP) is 4.72. The fourth-order valence-electron chi connectivity index (χ4n) is 4.74. The van der Waals surface area contributed by atoms with E-state index >= 15 is 0 Å². The van der Waals surface area contributed by atoms with Crippen molar-refractivity contribution in [2.45, 2.75) is 75.6 Å². The van der Waals surface area contributed by atoms with Gasteiger partial charge in [-0.15, -0.1) is 0 Å². The summed E-state index contributed by atoms with van der Waals surface area (Å²) in [6.45, 7) is 6.30. The van der Waals surface area contributed by atoms with E-state index in [1.54, 1.807) is 19.1 Å². The van der Waals surface area contributed by atoms with Gasteiger partial charge in [0.2, 0.25) is 10.0 Å². The molecular weight excluding hydrogens is 490 g/mol. The van der Waals surface area contributed by atoms with E-state index in [0.717, 1.165) is 25.2 Å². The van der Waals surface area contributed by atoms with Crippen molar-refractivity contribution in [2.75, 3.05) is 23.3 Å². The Hall–Kier alpha value is -2.98. The summed E-state index contributed by atoms with van der Waals surface area (Å²) in [5, 5.41) is 12.0. The zero-order valence-corrected chi connectivity index (χ0v) is 22.3. The summed E-state index contributed by atoms with van der Waals surface area (Å²) < 4.78 is 27.7. The Bertz CT molecular complexity index is 1220. The van der Waals surface area contributed by atoms with Crippen molar-refractivity contribution >= 4 is 27.4 Å². The molecule has 0 bridgehead atoms. The fraction of sp³-hybridized carbons (Fsp3) is 0.519. The molecule has 37 heavy (non-hydrogen) atoms. The zero-order valence-electron chi connectivity index (χ0n) is 21.4. The summed E-state index contributed by atoms with van der Waals surface area (Å²) >= 11 is 0. The minimum absolute atomic E-state index is 0.0237. The van der Waals surface area contributed by atoms with Crippen molar-refractivity contribution in [3.05, 3.63) is 54.2 Å². The highest BCUT2D eigenvalue weighted by atomic mass is 32.2. The lowest BCUT2D eigenvalue weighted by Gasteiger charge is -2.35. The Balaban J connectivity index is 1.44. The van der Waals surface area contributed by atoms with E-state index in [2.05, 4.69) is 31.5 Å². The quantitative estimate of drug-likeness (QED) is 0.269. The molecule has 2 fully saturated rings. The maximum atomic E-state index is 13.1. The molecule has 2 saturated carbocycles. The van der Waals surface area contributed by atoms with Gasteiger partial charge in [-0.25, -0.2) is 23.1 Å². The second kappa shape index (κ2) is 12.0. The fourth-order valence-corrected chi connectivity index (χ4v) is 5.90. The average Bonchev–Trinajstić information content (AvgIpc) is 3.71. The van der Waals surface area contributed by atoms with Crippen LogP contribution in [0.3, 0.4) is 0 Å². The normalized spacial score (nSPS) is 16.4. The summed E-state index contributed by atoms with van der Waals surface area (Å²) in [6, 6.07) is 6.79. The number of aryl methyl sites for hydroxylation is 1. The lowest BCUT2D eigenvalue weighted by molar-refractivity contribution is 0.102. The summed E-state index contributed by atoms with van der Waals surface area (Å²) in [6.07, 6.45) is 10.8. The first kappa shape index (κ1) is 27.1. The number of aliphatic hydroxyl groups is 1. The maximum Gasteiger partial charge on any atom is 0.274 e. The van der Waals surface area contributed by atoms with E-state index in [-0.39, 0.29) is 28.8 Å². The molecule has 1 heterocycles. The van der Waals surface area contributed by atoms with Crippen LogP contribution in [-0.4, -0.2) is 48.5 Å². The molecule has 2 aliphatic rings. The van der Waals surface area contributed by atoms with Crippen LogP contribution >= 0.6 is 0 Å². The molecule has 0 aliphatic heterocycles. The molecule has 9 nitrogen and oxygen atoms in total. The highest BCUT2D eigenvalue weighted by molar-refractivity contribution is 7.89. The van der Waals surface area contributed by atoms with Gasteiger partial charge < -0.3 is 15.3 Å². The molecule has 1 aromatic heterocycles. The molecule has 0 radical (unpaired) electrons. The molecule has 2 aliphatic carbocycles. The van der Waals surface area contributed by atoms with Crippen LogP contribution < -0.4 is 14.9 Å². The largest absolute Gasteiger partial charge is 0.513 e. The van der Waals surface area contributed by atoms with Gasteiger partial charge in [-0.05, 0) is 68.7 Å². The smallest absolute Gasteiger partial charge is 0.274 e. The number of aromatic nitrogens is 2. The van der Waals surface area contributed by atoms with Gasteiger partial charge in [0.05, 0.1) is 10.7 Å². The first-order valence-electron chi connectivity index (χ1n) is 13.1. The number of nitrogens with zero attached hydrogens (tertiary/aromatic N) is 3. The molecule has 1 aromatic carbocycles. The van der Waals surface area contributed by atoms with E-state index in [9.17, 15) is 13.2 Å². The monoisotopic (exact) mass is 527 g/mol. The number of hydrogen-bond acceptors (Lipinski definition) is 7. The highest BCUT2D eigenvalue weighted by Gasteiger charge is 2.30. The number of rotatable bonds is 12. The van der Waals surface area contributed by atoms with Crippen LogP contribution in [0.2, 0.25) is 0 Å². The maximum absolute atomic E-state index is 13.1. The second-order valence-corrected chi connectivity index (χ2v) is 11.9. The van der Waals surface area contributed by atoms with E-state index in [1.807, 2.05) is 0 Å². The second-order valence-electron chi connectivity index (χ2n) is 10.1. The van der Waals surface area contributed by atoms with Crippen LogP contribution in [0, 0.1) is 12.8 Å². The highest BCUT2D eigenvalue weighted by Crippen LogP contribution is 2.34. The van der Waals surface area contributed by atoms with E-state index in [4.69, 9.17) is 5.11 Å². The van der Waals surface area contributed by atoms with Gasteiger partial charge in [0.15, 0.2) is 0 Å². The first-order valence-corrected chi connectivity index (χ1v) is 14.6. The van der Waals surface area contributed by atoms with Crippen LogP contribution in [0.15, 0.2) is 47.8 Å². The van der Waals surface area contributed by atoms with Gasteiger partial charge in [0.1, 0.15) is 17.8 Å². The SMILES string of the molecule is C=C(O)CCCNS(=O)(=O)c1ccc(NC(=O)c2cc(N(CC3CC3)C3CCCCC3)ncn2)c(C)c1. The van der Waals surface area contributed by atoms with Crippen LogP contribution in [0.5, 0.6) is 0 Å². The Kier molecular flexibility index (Phi) is 8.81. The third-order valence-corrected chi connectivity index (χ3v) is 8.50. The van der Waals surface area contributed by atoms with Crippen LogP contribution in [0.1, 0.15) is 73.8 Å². The van der Waals surface area contributed by atoms with Crippen molar-refractivity contribution < 1.29 is 18.3 Å². The Labute approximate surface area is 219 Å². The number of hydrogen-bond donors (Lipinski definition) is 3. The molecule has 200 valence electrons. The van der Waals surface area contributed by atoms with Crippen molar-refractivity contribution in [3.63, 3.8) is 0 Å². The molecular formula is C27H37N5O4S. The third-order valence-electron chi connectivity index (χ3n) is 7.04. The Morgan fingerprint density at radius 1 is 1.14 bits per heavy atom. The number of amides is 1. The number of sulfonamides is 1. The molecule has 0 spiro atoms. The molecule has 0 unspecified atom stereocenters. The van der Waals surface area contributed by atoms with Crippen molar-refractivity contribution in [1.29, 1.82) is 0 Å². The summed E-state index contributed by atoms with van der Waals surface area (Å²) in [4.78, 5) is 24.3. The molecule has 0 saturated heterocycles. The van der Waals surface area contributed by atoms with Crippen LogP contribution in [0.4, 0.5) is 11.5 Å². The number of aliphatic hydroxyl groups excluding tert-OH is 1. The Morgan fingerprint density at radius 2 is 1.89 bits per heavy atom. The first-order chi connectivity index (χ1) is 17.7. The van der Waals surface area contributed by atoms with E-state index in [0.29, 0.717) is 36.1 Å². The molecule has 4 rings (SSSR count). The lowest BCUT2D eigenvalue weighted by Crippen LogP contribution is -2.39.